The Kier molecular flexibility index (Phi) is 3.56. The molecule has 2 rings (SSSR count). The molecule has 1 aromatic carbocycles. The van der Waals surface area contributed by atoms with Crippen molar-refractivity contribution < 1.29 is 4.79 Å². The molecule has 0 amide bonds. The number of carbonyl (C=O) groups excluding carboxylic acids is 1. The van der Waals surface area contributed by atoms with Gasteiger partial charge in [0.25, 0.3) is 0 Å². The maximum atomic E-state index is 11.4. The van der Waals surface area contributed by atoms with E-state index in [2.05, 4.69) is 18.8 Å². The predicted octanol–water partition coefficient (Wildman–Crippen LogP) is 3.99. The average Bonchev–Trinajstić information content (AvgIpc) is 2.38. The second-order valence-electron chi connectivity index (χ2n) is 4.77. The van der Waals surface area contributed by atoms with Crippen molar-refractivity contribution in [3.05, 3.63) is 53.3 Å². The number of aldehydes is 1. The van der Waals surface area contributed by atoms with Crippen LogP contribution >= 0.6 is 0 Å². The van der Waals surface area contributed by atoms with Crippen LogP contribution < -0.4 is 0 Å². The molecule has 18 heavy (non-hydrogen) atoms. The molecule has 92 valence electrons. The summed E-state index contributed by atoms with van der Waals surface area (Å²) in [6, 6.07) is 7.97. The number of pyridine rings is 1. The fourth-order valence-electron chi connectivity index (χ4n) is 2.20. The van der Waals surface area contributed by atoms with Gasteiger partial charge in [0, 0.05) is 23.5 Å². The second-order valence-corrected chi connectivity index (χ2v) is 4.77. The van der Waals surface area contributed by atoms with Gasteiger partial charge in [-0.15, -0.1) is 0 Å². The van der Waals surface area contributed by atoms with E-state index in [1.165, 1.54) is 0 Å². The summed E-state index contributed by atoms with van der Waals surface area (Å²) >= 11 is 0. The molecule has 2 aromatic rings. The molecule has 0 aliphatic carbocycles. The Bertz CT molecular complexity index is 573. The molecule has 0 saturated heterocycles. The molecular formula is C16H17NO. The number of benzene rings is 1. The molecule has 0 aliphatic heterocycles. The van der Waals surface area contributed by atoms with Gasteiger partial charge in [-0.1, -0.05) is 32.0 Å². The van der Waals surface area contributed by atoms with E-state index in [0.29, 0.717) is 5.92 Å². The average molecular weight is 239 g/mol. The van der Waals surface area contributed by atoms with Crippen LogP contribution in [0.3, 0.4) is 0 Å². The van der Waals surface area contributed by atoms with Crippen molar-refractivity contribution in [2.75, 3.05) is 0 Å². The lowest BCUT2D eigenvalue weighted by Crippen LogP contribution is -1.99. The lowest BCUT2D eigenvalue weighted by atomic mass is 9.90. The van der Waals surface area contributed by atoms with Crippen LogP contribution in [0.4, 0.5) is 0 Å². The van der Waals surface area contributed by atoms with Gasteiger partial charge in [-0.3, -0.25) is 9.78 Å². The maximum absolute atomic E-state index is 11.4. The van der Waals surface area contributed by atoms with Gasteiger partial charge in [0.1, 0.15) is 0 Å². The Balaban J connectivity index is 2.69. The van der Waals surface area contributed by atoms with Crippen molar-refractivity contribution in [3.63, 3.8) is 0 Å². The van der Waals surface area contributed by atoms with E-state index >= 15 is 0 Å². The topological polar surface area (TPSA) is 30.0 Å². The first kappa shape index (κ1) is 12.5. The minimum absolute atomic E-state index is 0.335. The highest BCUT2D eigenvalue weighted by atomic mass is 16.1. The Morgan fingerprint density at radius 3 is 2.56 bits per heavy atom. The largest absolute Gasteiger partial charge is 0.298 e. The zero-order chi connectivity index (χ0) is 13.1. The lowest BCUT2D eigenvalue weighted by Gasteiger charge is -2.14. The molecular weight excluding hydrogens is 222 g/mol. The van der Waals surface area contributed by atoms with Gasteiger partial charge in [0.05, 0.1) is 0 Å². The van der Waals surface area contributed by atoms with Gasteiger partial charge >= 0.3 is 0 Å². The van der Waals surface area contributed by atoms with Crippen LogP contribution in [0.5, 0.6) is 0 Å². The fourth-order valence-corrected chi connectivity index (χ4v) is 2.20. The predicted molar refractivity (Wildman–Crippen MR) is 73.9 cm³/mol. The molecule has 0 saturated carbocycles. The number of nitrogens with zero attached hydrogens (tertiary/aromatic N) is 1. The van der Waals surface area contributed by atoms with Crippen LogP contribution in [0, 0.1) is 6.92 Å². The Hall–Kier alpha value is -1.96. The number of carbonyl (C=O) groups is 1. The van der Waals surface area contributed by atoms with Gasteiger partial charge in [-0.05, 0) is 35.6 Å². The number of hydrogen-bond acceptors (Lipinski definition) is 2. The number of aromatic nitrogens is 1. The normalized spacial score (nSPS) is 10.7. The SMILES string of the molecule is Cc1ccncc1-c1cccc(C(C)C)c1C=O. The highest BCUT2D eigenvalue weighted by Gasteiger charge is 2.13. The molecule has 1 heterocycles. The van der Waals surface area contributed by atoms with Crippen molar-refractivity contribution in [2.45, 2.75) is 26.7 Å². The van der Waals surface area contributed by atoms with Gasteiger partial charge in [-0.2, -0.15) is 0 Å². The Morgan fingerprint density at radius 1 is 1.17 bits per heavy atom. The second kappa shape index (κ2) is 5.13. The molecule has 0 bridgehead atoms. The molecule has 0 atom stereocenters. The number of hydrogen-bond donors (Lipinski definition) is 0. The summed E-state index contributed by atoms with van der Waals surface area (Å²) in [5, 5.41) is 0. The summed E-state index contributed by atoms with van der Waals surface area (Å²) in [5.74, 6) is 0.335. The van der Waals surface area contributed by atoms with Crippen molar-refractivity contribution in [3.8, 4) is 11.1 Å². The molecule has 0 unspecified atom stereocenters. The van der Waals surface area contributed by atoms with Gasteiger partial charge in [0.15, 0.2) is 6.29 Å². The monoisotopic (exact) mass is 239 g/mol. The van der Waals surface area contributed by atoms with E-state index in [1.54, 1.807) is 6.20 Å². The molecule has 0 N–H and O–H groups in total. The molecule has 0 aliphatic rings. The van der Waals surface area contributed by atoms with Crippen molar-refractivity contribution in [1.29, 1.82) is 0 Å². The van der Waals surface area contributed by atoms with Crippen LogP contribution in [0.1, 0.15) is 41.3 Å². The standard InChI is InChI=1S/C16H17NO/c1-11(2)13-5-4-6-14(16(13)10-18)15-9-17-8-7-12(15)3/h4-11H,1-3H3. The van der Waals surface area contributed by atoms with E-state index < -0.39 is 0 Å². The number of rotatable bonds is 3. The van der Waals surface area contributed by atoms with Crippen LogP contribution in [0.15, 0.2) is 36.7 Å². The molecule has 1 aromatic heterocycles. The molecule has 2 nitrogen and oxygen atoms in total. The van der Waals surface area contributed by atoms with Crippen LogP contribution in [0.2, 0.25) is 0 Å². The summed E-state index contributed by atoms with van der Waals surface area (Å²) in [7, 11) is 0. The maximum Gasteiger partial charge on any atom is 0.150 e. The molecule has 2 heteroatoms. The summed E-state index contributed by atoms with van der Waals surface area (Å²) in [4.78, 5) is 15.6. The van der Waals surface area contributed by atoms with Gasteiger partial charge in [-0.25, -0.2) is 0 Å². The van der Waals surface area contributed by atoms with Crippen molar-refractivity contribution in [2.24, 2.45) is 0 Å². The highest BCUT2D eigenvalue weighted by molar-refractivity contribution is 5.90. The first-order chi connectivity index (χ1) is 8.65. The molecule has 0 radical (unpaired) electrons. The molecule has 0 spiro atoms. The first-order valence-electron chi connectivity index (χ1n) is 6.14. The Labute approximate surface area is 108 Å². The third-order valence-electron chi connectivity index (χ3n) is 3.21. The lowest BCUT2D eigenvalue weighted by molar-refractivity contribution is 0.112. The van der Waals surface area contributed by atoms with E-state index in [1.807, 2.05) is 37.4 Å². The van der Waals surface area contributed by atoms with E-state index in [-0.39, 0.29) is 0 Å². The third kappa shape index (κ3) is 2.19. The van der Waals surface area contributed by atoms with E-state index in [0.717, 1.165) is 34.1 Å². The zero-order valence-corrected chi connectivity index (χ0v) is 11.0. The zero-order valence-electron chi connectivity index (χ0n) is 11.0. The van der Waals surface area contributed by atoms with Gasteiger partial charge < -0.3 is 0 Å². The summed E-state index contributed by atoms with van der Waals surface area (Å²) in [5.41, 5.74) is 5.01. The first-order valence-corrected chi connectivity index (χ1v) is 6.14. The summed E-state index contributed by atoms with van der Waals surface area (Å²) < 4.78 is 0. The minimum atomic E-state index is 0.335. The molecule has 0 fully saturated rings. The summed E-state index contributed by atoms with van der Waals surface area (Å²) in [6.07, 6.45) is 4.55. The smallest absolute Gasteiger partial charge is 0.150 e. The van der Waals surface area contributed by atoms with Gasteiger partial charge in [0.2, 0.25) is 0 Å². The van der Waals surface area contributed by atoms with E-state index in [9.17, 15) is 4.79 Å². The fraction of sp³-hybridized carbons (Fsp3) is 0.250. The van der Waals surface area contributed by atoms with Crippen LogP contribution in [0.25, 0.3) is 11.1 Å². The quantitative estimate of drug-likeness (QED) is 0.758. The number of aryl methyl sites for hydroxylation is 1. The highest BCUT2D eigenvalue weighted by Crippen LogP contribution is 2.30. The minimum Gasteiger partial charge on any atom is -0.298 e. The van der Waals surface area contributed by atoms with Crippen molar-refractivity contribution in [1.82, 2.24) is 4.98 Å². The summed E-state index contributed by atoms with van der Waals surface area (Å²) in [6.45, 7) is 6.23. The van der Waals surface area contributed by atoms with Crippen LogP contribution in [-0.2, 0) is 0 Å². The van der Waals surface area contributed by atoms with E-state index in [4.69, 9.17) is 0 Å². The van der Waals surface area contributed by atoms with Crippen LogP contribution in [-0.4, -0.2) is 11.3 Å². The third-order valence-corrected chi connectivity index (χ3v) is 3.21. The van der Waals surface area contributed by atoms with Crippen molar-refractivity contribution >= 4 is 6.29 Å². The Morgan fingerprint density at radius 2 is 1.94 bits per heavy atom.